The summed E-state index contributed by atoms with van der Waals surface area (Å²) >= 11 is 0. The van der Waals surface area contributed by atoms with Crippen LogP contribution >= 0.6 is 0 Å². The fraction of sp³-hybridized carbons (Fsp3) is 0.292. The van der Waals surface area contributed by atoms with E-state index in [1.54, 1.807) is 0 Å². The molecule has 0 bridgehead atoms. The van der Waals surface area contributed by atoms with Crippen LogP contribution in [0.4, 0.5) is 0 Å². The van der Waals surface area contributed by atoms with Gasteiger partial charge in [0.1, 0.15) is 0 Å². The van der Waals surface area contributed by atoms with Gasteiger partial charge in [-0.15, -0.1) is 0 Å². The molecule has 2 heterocycles. The number of hydrogen-bond donors (Lipinski definition) is 0. The third kappa shape index (κ3) is 3.27. The Morgan fingerprint density at radius 2 is 1.61 bits per heavy atom. The lowest BCUT2D eigenvalue weighted by molar-refractivity contribution is 0.235. The Balaban J connectivity index is 1.76. The first-order chi connectivity index (χ1) is 13.5. The van der Waals surface area contributed by atoms with Crippen LogP contribution in [0.1, 0.15) is 38.9 Å². The molecule has 1 aliphatic rings. The van der Waals surface area contributed by atoms with Crippen LogP contribution in [0.15, 0.2) is 79.3 Å². The average molecular weight is 389 g/mol. The van der Waals surface area contributed by atoms with E-state index >= 15 is 0 Å². The van der Waals surface area contributed by atoms with Gasteiger partial charge in [0.25, 0.3) is 8.32 Å². The van der Waals surface area contributed by atoms with E-state index in [1.165, 1.54) is 10.4 Å². The van der Waals surface area contributed by atoms with Crippen molar-refractivity contribution in [1.29, 1.82) is 0 Å². The van der Waals surface area contributed by atoms with Crippen molar-refractivity contribution in [1.82, 2.24) is 9.55 Å². The highest BCUT2D eigenvalue weighted by atomic mass is 28.4. The lowest BCUT2D eigenvalue weighted by Gasteiger charge is -2.44. The van der Waals surface area contributed by atoms with E-state index in [-0.39, 0.29) is 11.1 Å². The van der Waals surface area contributed by atoms with Crippen LogP contribution in [0.25, 0.3) is 6.08 Å². The molecule has 1 atom stereocenters. The lowest BCUT2D eigenvalue weighted by Crippen LogP contribution is -2.66. The molecule has 3 nitrogen and oxygen atoms in total. The standard InChI is InChI=1S/C24H28N2OSi/c1-24(2,3)28(22-13-6-4-7-14-22,23-15-8-5-9-16-23)27-18-21-12-10-11-20-17-25-19-26(20)21/h4-11,13-17,19,21H,12,18H2,1-3H3/t21-/m1/s1. The quantitative estimate of drug-likeness (QED) is 0.605. The molecule has 2 aromatic carbocycles. The summed E-state index contributed by atoms with van der Waals surface area (Å²) in [6, 6.07) is 21.9. The third-order valence-corrected chi connectivity index (χ3v) is 10.7. The molecule has 0 saturated carbocycles. The number of nitrogens with zero attached hydrogens (tertiary/aromatic N) is 2. The normalized spacial score (nSPS) is 16.8. The zero-order valence-electron chi connectivity index (χ0n) is 16.9. The molecule has 1 aliphatic heterocycles. The van der Waals surface area contributed by atoms with Gasteiger partial charge in [-0.1, -0.05) is 87.5 Å². The first kappa shape index (κ1) is 18.9. The summed E-state index contributed by atoms with van der Waals surface area (Å²) in [5, 5.41) is 2.65. The zero-order valence-corrected chi connectivity index (χ0v) is 17.9. The number of hydrogen-bond acceptors (Lipinski definition) is 2. The summed E-state index contributed by atoms with van der Waals surface area (Å²) in [4.78, 5) is 4.33. The van der Waals surface area contributed by atoms with Crippen molar-refractivity contribution in [3.8, 4) is 0 Å². The van der Waals surface area contributed by atoms with Gasteiger partial charge in [-0.25, -0.2) is 4.98 Å². The van der Waals surface area contributed by atoms with Crippen LogP contribution in [0, 0.1) is 0 Å². The average Bonchev–Trinajstić information content (AvgIpc) is 3.19. The molecular formula is C24H28N2OSi. The minimum atomic E-state index is -2.49. The fourth-order valence-corrected chi connectivity index (χ4v) is 8.94. The van der Waals surface area contributed by atoms with Gasteiger partial charge < -0.3 is 8.99 Å². The molecule has 0 fully saturated rings. The number of aromatic nitrogens is 2. The van der Waals surface area contributed by atoms with Gasteiger partial charge in [-0.3, -0.25) is 0 Å². The minimum Gasteiger partial charge on any atom is -0.405 e. The fourth-order valence-electron chi connectivity index (χ4n) is 4.34. The minimum absolute atomic E-state index is 0.00200. The van der Waals surface area contributed by atoms with Gasteiger partial charge >= 0.3 is 0 Å². The Bertz CT molecular complexity index is 902. The van der Waals surface area contributed by atoms with Crippen molar-refractivity contribution in [2.24, 2.45) is 0 Å². The van der Waals surface area contributed by atoms with Crippen molar-refractivity contribution < 1.29 is 4.43 Å². The molecule has 4 heteroatoms. The predicted octanol–water partition coefficient (Wildman–Crippen LogP) is 4.42. The van der Waals surface area contributed by atoms with Gasteiger partial charge in [0, 0.05) is 0 Å². The van der Waals surface area contributed by atoms with Gasteiger partial charge in [0.05, 0.1) is 30.9 Å². The Morgan fingerprint density at radius 1 is 1.00 bits per heavy atom. The molecule has 4 rings (SSSR count). The van der Waals surface area contributed by atoms with Gasteiger partial charge in [0.15, 0.2) is 0 Å². The van der Waals surface area contributed by atoms with Gasteiger partial charge in [-0.2, -0.15) is 0 Å². The van der Waals surface area contributed by atoms with E-state index in [0.717, 1.165) is 12.1 Å². The monoisotopic (exact) mass is 388 g/mol. The Morgan fingerprint density at radius 3 is 2.18 bits per heavy atom. The van der Waals surface area contributed by atoms with Crippen molar-refractivity contribution in [3.63, 3.8) is 0 Å². The second-order valence-corrected chi connectivity index (χ2v) is 12.8. The highest BCUT2D eigenvalue weighted by Gasteiger charge is 2.50. The Labute approximate surface area is 168 Å². The maximum absolute atomic E-state index is 7.09. The zero-order chi connectivity index (χ0) is 19.6. The summed E-state index contributed by atoms with van der Waals surface area (Å²) in [6.07, 6.45) is 9.20. The summed E-state index contributed by atoms with van der Waals surface area (Å²) in [6.45, 7) is 7.65. The van der Waals surface area contributed by atoms with Crippen LogP contribution in [0.3, 0.4) is 0 Å². The summed E-state index contributed by atoms with van der Waals surface area (Å²) in [5.74, 6) is 0. The maximum atomic E-state index is 7.09. The molecular weight excluding hydrogens is 360 g/mol. The van der Waals surface area contributed by atoms with Crippen LogP contribution in [-0.2, 0) is 4.43 Å². The molecule has 0 saturated heterocycles. The molecule has 0 unspecified atom stereocenters. The van der Waals surface area contributed by atoms with E-state index in [1.807, 2.05) is 12.5 Å². The third-order valence-electron chi connectivity index (χ3n) is 5.70. The molecule has 1 aromatic heterocycles. The number of fused-ring (bicyclic) bond motifs is 1. The van der Waals surface area contributed by atoms with E-state index in [9.17, 15) is 0 Å². The molecule has 0 N–H and O–H groups in total. The van der Waals surface area contributed by atoms with E-state index in [2.05, 4.69) is 103 Å². The predicted molar refractivity (Wildman–Crippen MR) is 118 cm³/mol. The molecule has 0 spiro atoms. The van der Waals surface area contributed by atoms with Crippen molar-refractivity contribution in [2.75, 3.05) is 6.61 Å². The second kappa shape index (κ2) is 7.53. The van der Waals surface area contributed by atoms with Crippen molar-refractivity contribution >= 4 is 24.8 Å². The Kier molecular flexibility index (Phi) is 5.09. The van der Waals surface area contributed by atoms with Crippen molar-refractivity contribution in [3.05, 3.63) is 85.0 Å². The SMILES string of the molecule is CC(C)(C)[Si](OC[C@H]1CC=Cc2cncn21)(c1ccccc1)c1ccccc1. The molecule has 3 aromatic rings. The van der Waals surface area contributed by atoms with Crippen LogP contribution in [0.5, 0.6) is 0 Å². The summed E-state index contributed by atoms with van der Waals surface area (Å²) < 4.78 is 9.34. The number of allylic oxidation sites excluding steroid dienone is 1. The van der Waals surface area contributed by atoms with Crippen molar-refractivity contribution in [2.45, 2.75) is 38.3 Å². The van der Waals surface area contributed by atoms with Crippen LogP contribution in [-0.4, -0.2) is 24.5 Å². The van der Waals surface area contributed by atoms with Gasteiger partial charge in [-0.05, 0) is 27.9 Å². The molecule has 0 aliphatic carbocycles. The van der Waals surface area contributed by atoms with Gasteiger partial charge in [0.2, 0.25) is 0 Å². The van der Waals surface area contributed by atoms with E-state index < -0.39 is 8.32 Å². The lowest BCUT2D eigenvalue weighted by atomic mass is 10.1. The summed E-state index contributed by atoms with van der Waals surface area (Å²) in [7, 11) is -2.49. The smallest absolute Gasteiger partial charge is 0.261 e. The highest BCUT2D eigenvalue weighted by molar-refractivity contribution is 6.99. The second-order valence-electron chi connectivity index (χ2n) is 8.49. The molecule has 144 valence electrons. The van der Waals surface area contributed by atoms with E-state index in [0.29, 0.717) is 6.61 Å². The van der Waals surface area contributed by atoms with Crippen LogP contribution < -0.4 is 10.4 Å². The number of benzene rings is 2. The highest BCUT2D eigenvalue weighted by Crippen LogP contribution is 2.37. The largest absolute Gasteiger partial charge is 0.405 e. The number of rotatable bonds is 5. The van der Waals surface area contributed by atoms with Crippen LogP contribution in [0.2, 0.25) is 5.04 Å². The Hall–Kier alpha value is -2.43. The first-order valence-electron chi connectivity index (χ1n) is 9.96. The topological polar surface area (TPSA) is 27.1 Å². The first-order valence-corrected chi connectivity index (χ1v) is 11.9. The molecule has 28 heavy (non-hydrogen) atoms. The number of imidazole rings is 1. The summed E-state index contributed by atoms with van der Waals surface area (Å²) in [5.41, 5.74) is 1.15. The van der Waals surface area contributed by atoms with E-state index in [4.69, 9.17) is 4.43 Å². The maximum Gasteiger partial charge on any atom is 0.261 e. The molecule has 0 radical (unpaired) electrons. The molecule has 0 amide bonds.